The van der Waals surface area contributed by atoms with Crippen LogP contribution >= 0.6 is 0 Å². The number of rotatable bonds is 8. The number of fused-ring (bicyclic) bond motifs is 1. The fourth-order valence-corrected chi connectivity index (χ4v) is 4.30. The molecule has 9 heteroatoms. The van der Waals surface area contributed by atoms with Crippen LogP contribution in [-0.2, 0) is 16.1 Å². The first kappa shape index (κ1) is 21.5. The van der Waals surface area contributed by atoms with Crippen LogP contribution in [-0.4, -0.2) is 61.1 Å². The van der Waals surface area contributed by atoms with Crippen LogP contribution in [0, 0.1) is 0 Å². The number of Topliss-reactive ketones (excluding diaryl/α,β-unsaturated/α-hetero) is 1. The van der Waals surface area contributed by atoms with Crippen LogP contribution in [0.2, 0.25) is 0 Å². The molecule has 1 saturated carbocycles. The summed E-state index contributed by atoms with van der Waals surface area (Å²) in [6.07, 6.45) is 8.71. The highest BCUT2D eigenvalue weighted by atomic mass is 16.5. The molecule has 0 radical (unpaired) electrons. The number of carbonyl (C=O) groups is 1. The van der Waals surface area contributed by atoms with Crippen LogP contribution in [0.4, 0.5) is 5.95 Å². The summed E-state index contributed by atoms with van der Waals surface area (Å²) in [5.74, 6) is 0.918. The summed E-state index contributed by atoms with van der Waals surface area (Å²) in [4.78, 5) is 16.0. The van der Waals surface area contributed by atoms with E-state index >= 15 is 0 Å². The standard InChI is InChI=1S/C22H30N6O3/c1-14(13-31-3)25-22-23-10-21-19(17-9-24-27(12-17)11-15(2)29)8-20(28(21)26-22)16-4-6-18(30)7-5-16/h8-10,12,14,16,18,30H,4-7,11,13H2,1-3H3,(H,25,26)/t14-,16?,18?/m0/s1. The number of ketones is 1. The minimum atomic E-state index is -0.214. The van der Waals surface area contributed by atoms with E-state index in [2.05, 4.69) is 21.5 Å². The van der Waals surface area contributed by atoms with Gasteiger partial charge in [-0.05, 0) is 45.6 Å². The smallest absolute Gasteiger partial charge is 0.241 e. The van der Waals surface area contributed by atoms with Crippen LogP contribution in [0.25, 0.3) is 16.6 Å². The highest BCUT2D eigenvalue weighted by Gasteiger charge is 2.26. The van der Waals surface area contributed by atoms with Crippen molar-refractivity contribution in [3.05, 3.63) is 30.4 Å². The molecule has 1 aliphatic rings. The van der Waals surface area contributed by atoms with E-state index in [1.54, 1.807) is 24.9 Å². The number of carbonyl (C=O) groups excluding carboxylic acids is 1. The molecule has 4 rings (SSSR count). The van der Waals surface area contributed by atoms with Crippen LogP contribution in [0.3, 0.4) is 0 Å². The molecular formula is C22H30N6O3. The molecule has 166 valence electrons. The zero-order chi connectivity index (χ0) is 22.0. The number of ether oxygens (including phenoxy) is 1. The first-order valence-electron chi connectivity index (χ1n) is 10.8. The predicted molar refractivity (Wildman–Crippen MR) is 117 cm³/mol. The summed E-state index contributed by atoms with van der Waals surface area (Å²) in [6, 6.07) is 2.24. The van der Waals surface area contributed by atoms with Crippen molar-refractivity contribution in [3.8, 4) is 11.1 Å². The van der Waals surface area contributed by atoms with Gasteiger partial charge < -0.3 is 15.2 Å². The molecule has 9 nitrogen and oxygen atoms in total. The zero-order valence-electron chi connectivity index (χ0n) is 18.3. The van der Waals surface area contributed by atoms with E-state index in [-0.39, 0.29) is 24.5 Å². The van der Waals surface area contributed by atoms with Crippen molar-refractivity contribution < 1.29 is 14.6 Å². The van der Waals surface area contributed by atoms with Gasteiger partial charge >= 0.3 is 0 Å². The van der Waals surface area contributed by atoms with Crippen molar-refractivity contribution in [1.82, 2.24) is 24.4 Å². The number of anilines is 1. The average Bonchev–Trinajstić information content (AvgIpc) is 3.32. The third-order valence-corrected chi connectivity index (χ3v) is 5.78. The van der Waals surface area contributed by atoms with E-state index in [1.165, 1.54) is 0 Å². The van der Waals surface area contributed by atoms with E-state index in [0.29, 0.717) is 18.5 Å². The number of aliphatic hydroxyl groups excluding tert-OH is 1. The number of methoxy groups -OCH3 is 1. The van der Waals surface area contributed by atoms with Crippen LogP contribution in [0.15, 0.2) is 24.7 Å². The van der Waals surface area contributed by atoms with Gasteiger partial charge in [0.05, 0.1) is 37.2 Å². The van der Waals surface area contributed by atoms with Crippen molar-refractivity contribution in [1.29, 1.82) is 0 Å². The predicted octanol–water partition coefficient (Wildman–Crippen LogP) is 2.65. The van der Waals surface area contributed by atoms with Gasteiger partial charge in [0.1, 0.15) is 0 Å². The summed E-state index contributed by atoms with van der Waals surface area (Å²) >= 11 is 0. The van der Waals surface area contributed by atoms with Gasteiger partial charge in [0, 0.05) is 42.1 Å². The molecule has 2 N–H and O–H groups in total. The molecule has 31 heavy (non-hydrogen) atoms. The molecule has 3 aromatic rings. The van der Waals surface area contributed by atoms with Crippen LogP contribution < -0.4 is 5.32 Å². The molecule has 3 aromatic heterocycles. The molecule has 3 heterocycles. The lowest BCUT2D eigenvalue weighted by molar-refractivity contribution is -0.117. The Kier molecular flexibility index (Phi) is 6.33. The lowest BCUT2D eigenvalue weighted by Crippen LogP contribution is -2.23. The molecule has 0 bridgehead atoms. The monoisotopic (exact) mass is 426 g/mol. The fourth-order valence-electron chi connectivity index (χ4n) is 4.30. The van der Waals surface area contributed by atoms with Gasteiger partial charge in [0.2, 0.25) is 5.95 Å². The Bertz CT molecular complexity index is 1050. The average molecular weight is 427 g/mol. The Balaban J connectivity index is 1.74. The second kappa shape index (κ2) is 9.15. The molecule has 1 fully saturated rings. The van der Waals surface area contributed by atoms with Gasteiger partial charge in [0.15, 0.2) is 5.78 Å². The molecular weight excluding hydrogens is 396 g/mol. The Hall–Kier alpha value is -2.78. The van der Waals surface area contributed by atoms with E-state index in [9.17, 15) is 9.90 Å². The molecule has 0 aromatic carbocycles. The first-order valence-corrected chi connectivity index (χ1v) is 10.8. The summed E-state index contributed by atoms with van der Waals surface area (Å²) < 4.78 is 8.82. The molecule has 0 saturated heterocycles. The molecule has 1 atom stereocenters. The Morgan fingerprint density at radius 2 is 2.10 bits per heavy atom. The molecule has 0 unspecified atom stereocenters. The normalized spacial score (nSPS) is 20.1. The van der Waals surface area contributed by atoms with Gasteiger partial charge in [-0.1, -0.05) is 0 Å². The maximum absolute atomic E-state index is 11.5. The van der Waals surface area contributed by atoms with Crippen molar-refractivity contribution in [2.75, 3.05) is 19.0 Å². The van der Waals surface area contributed by atoms with Crippen molar-refractivity contribution >= 4 is 17.2 Å². The largest absolute Gasteiger partial charge is 0.393 e. The maximum Gasteiger partial charge on any atom is 0.241 e. The minimum absolute atomic E-state index is 0.0575. The van der Waals surface area contributed by atoms with E-state index < -0.39 is 0 Å². The van der Waals surface area contributed by atoms with Crippen molar-refractivity contribution in [2.45, 2.75) is 64.1 Å². The lowest BCUT2D eigenvalue weighted by Gasteiger charge is -2.25. The van der Waals surface area contributed by atoms with Crippen LogP contribution in [0.1, 0.15) is 51.1 Å². The lowest BCUT2D eigenvalue weighted by atomic mass is 9.85. The number of hydrogen-bond acceptors (Lipinski definition) is 7. The van der Waals surface area contributed by atoms with Crippen molar-refractivity contribution in [2.24, 2.45) is 0 Å². The maximum atomic E-state index is 11.5. The summed E-state index contributed by atoms with van der Waals surface area (Å²) in [5.41, 5.74) is 3.93. The van der Waals surface area contributed by atoms with Gasteiger partial charge in [0.25, 0.3) is 0 Å². The summed E-state index contributed by atoms with van der Waals surface area (Å²) in [6.45, 7) is 4.38. The van der Waals surface area contributed by atoms with Crippen molar-refractivity contribution in [3.63, 3.8) is 0 Å². The molecule has 0 spiro atoms. The Morgan fingerprint density at radius 3 is 2.81 bits per heavy atom. The zero-order valence-corrected chi connectivity index (χ0v) is 18.3. The number of nitrogens with one attached hydrogen (secondary N) is 1. The highest BCUT2D eigenvalue weighted by Crippen LogP contribution is 2.37. The van der Waals surface area contributed by atoms with E-state index in [1.807, 2.05) is 23.8 Å². The molecule has 1 aliphatic carbocycles. The third-order valence-electron chi connectivity index (χ3n) is 5.78. The summed E-state index contributed by atoms with van der Waals surface area (Å²) in [7, 11) is 1.67. The topological polar surface area (TPSA) is 107 Å². The second-order valence-corrected chi connectivity index (χ2v) is 8.50. The minimum Gasteiger partial charge on any atom is -0.393 e. The van der Waals surface area contributed by atoms with E-state index in [0.717, 1.165) is 48.0 Å². The van der Waals surface area contributed by atoms with Gasteiger partial charge in [-0.2, -0.15) is 5.10 Å². The number of nitrogens with zero attached hydrogens (tertiary/aromatic N) is 5. The van der Waals surface area contributed by atoms with E-state index in [4.69, 9.17) is 9.84 Å². The molecule has 0 amide bonds. The fraction of sp³-hybridized carbons (Fsp3) is 0.545. The number of aromatic nitrogens is 5. The SMILES string of the molecule is COC[C@H](C)Nc1ncc2c(-c3cnn(CC(C)=O)c3)cc(C3CCC(O)CC3)n2n1. The number of hydrogen-bond donors (Lipinski definition) is 2. The van der Waals surface area contributed by atoms with Gasteiger partial charge in [-0.25, -0.2) is 9.50 Å². The quantitative estimate of drug-likeness (QED) is 0.570. The number of aliphatic hydroxyl groups is 1. The highest BCUT2D eigenvalue weighted by molar-refractivity contribution is 5.81. The Morgan fingerprint density at radius 1 is 1.32 bits per heavy atom. The third kappa shape index (κ3) is 4.77. The molecule has 0 aliphatic heterocycles. The summed E-state index contributed by atoms with van der Waals surface area (Å²) in [5, 5.41) is 22.4. The Labute approximate surface area is 181 Å². The van der Waals surface area contributed by atoms with Gasteiger partial charge in [-0.3, -0.25) is 9.48 Å². The second-order valence-electron chi connectivity index (χ2n) is 8.50. The van der Waals surface area contributed by atoms with Crippen LogP contribution in [0.5, 0.6) is 0 Å². The van der Waals surface area contributed by atoms with Gasteiger partial charge in [-0.15, -0.1) is 5.10 Å². The first-order chi connectivity index (χ1) is 14.9.